The third-order valence-electron chi connectivity index (χ3n) is 5.66. The summed E-state index contributed by atoms with van der Waals surface area (Å²) in [6.07, 6.45) is 1.36. The first-order valence-electron chi connectivity index (χ1n) is 12.8. The fourth-order valence-electron chi connectivity index (χ4n) is 3.93. The lowest BCUT2D eigenvalue weighted by Crippen LogP contribution is -2.45. The summed E-state index contributed by atoms with van der Waals surface area (Å²) < 4.78 is 27.1. The van der Waals surface area contributed by atoms with E-state index in [4.69, 9.17) is 40.5 Å². The molecule has 1 aliphatic rings. The van der Waals surface area contributed by atoms with E-state index in [9.17, 15) is 14.4 Å². The van der Waals surface area contributed by atoms with Crippen LogP contribution in [0.5, 0.6) is 23.0 Å². The van der Waals surface area contributed by atoms with Crippen molar-refractivity contribution >= 4 is 35.7 Å². The minimum Gasteiger partial charge on any atom is -0.493 e. The Bertz CT molecular complexity index is 1440. The highest BCUT2D eigenvalue weighted by molar-refractivity contribution is 6.32. The van der Waals surface area contributed by atoms with E-state index in [1.807, 2.05) is 6.07 Å². The van der Waals surface area contributed by atoms with Crippen LogP contribution in [0.2, 0.25) is 5.02 Å². The molecule has 222 valence electrons. The third-order valence-corrected chi connectivity index (χ3v) is 5.94. The molecule has 0 radical (unpaired) electrons. The molecular formula is C28H30ClN5O8. The maximum atomic E-state index is 12.6. The van der Waals surface area contributed by atoms with E-state index < -0.39 is 30.6 Å². The van der Waals surface area contributed by atoms with Gasteiger partial charge in [0, 0.05) is 5.70 Å². The number of hydrazone groups is 1. The van der Waals surface area contributed by atoms with Crippen molar-refractivity contribution in [1.82, 2.24) is 16.1 Å². The van der Waals surface area contributed by atoms with E-state index in [0.29, 0.717) is 29.2 Å². The number of rotatable bonds is 13. The molecule has 42 heavy (non-hydrogen) atoms. The Labute approximate surface area is 247 Å². The van der Waals surface area contributed by atoms with Gasteiger partial charge in [0.05, 0.1) is 43.2 Å². The van der Waals surface area contributed by atoms with Crippen LogP contribution < -0.4 is 35.0 Å². The molecule has 13 nitrogen and oxygen atoms in total. The molecule has 2 aromatic carbocycles. The standard InChI is InChI=1S/C28H30ClN5O8/c1-5-39-22-12-17(11-19(29)26(22)41-10-9-30)14-31-34-23(35)15-42-20-8-7-18(13-21(20)38-4)25-24(27(36)40-6-2)16(3)32-28(37)33-25/h7-8,11-14,25H,5-6,10,15H2,1-4H3,(H,34,35)(H2,32,33,37)/b31-14-/t25-/m1/s1. The quantitative estimate of drug-likeness (QED) is 0.177. The Balaban J connectivity index is 1.68. The second kappa shape index (κ2) is 15.2. The number of ether oxygens (including phenoxy) is 5. The van der Waals surface area contributed by atoms with E-state index in [1.165, 1.54) is 13.3 Å². The fraction of sp³-hybridized carbons (Fsp3) is 0.321. The molecular weight excluding hydrogens is 570 g/mol. The van der Waals surface area contributed by atoms with Gasteiger partial charge < -0.3 is 34.3 Å². The van der Waals surface area contributed by atoms with Gasteiger partial charge in [-0.2, -0.15) is 10.4 Å². The lowest BCUT2D eigenvalue weighted by Gasteiger charge is -2.28. The van der Waals surface area contributed by atoms with Crippen molar-refractivity contribution in [2.75, 3.05) is 33.5 Å². The number of esters is 1. The van der Waals surface area contributed by atoms with Crippen LogP contribution in [0.15, 0.2) is 46.7 Å². The molecule has 0 aliphatic carbocycles. The summed E-state index contributed by atoms with van der Waals surface area (Å²) in [4.78, 5) is 37.1. The highest BCUT2D eigenvalue weighted by Crippen LogP contribution is 2.37. The van der Waals surface area contributed by atoms with Gasteiger partial charge in [0.2, 0.25) is 0 Å². The summed E-state index contributed by atoms with van der Waals surface area (Å²) >= 11 is 6.26. The lowest BCUT2D eigenvalue weighted by atomic mass is 9.95. The molecule has 0 saturated heterocycles. The predicted molar refractivity (Wildman–Crippen MR) is 152 cm³/mol. The number of carbonyl (C=O) groups is 3. The van der Waals surface area contributed by atoms with Crippen molar-refractivity contribution < 1.29 is 38.1 Å². The van der Waals surface area contributed by atoms with E-state index in [1.54, 1.807) is 51.1 Å². The molecule has 2 aromatic rings. The molecule has 0 fully saturated rings. The van der Waals surface area contributed by atoms with Gasteiger partial charge >= 0.3 is 12.0 Å². The van der Waals surface area contributed by atoms with Gasteiger partial charge in [-0.15, -0.1) is 0 Å². The second-order valence-electron chi connectivity index (χ2n) is 8.49. The van der Waals surface area contributed by atoms with Crippen molar-refractivity contribution in [2.45, 2.75) is 26.8 Å². The molecule has 0 unspecified atom stereocenters. The van der Waals surface area contributed by atoms with Crippen LogP contribution in [0, 0.1) is 11.3 Å². The maximum Gasteiger partial charge on any atom is 0.338 e. The minimum absolute atomic E-state index is 0.172. The zero-order valence-electron chi connectivity index (χ0n) is 23.4. The first kappa shape index (κ1) is 31.6. The normalized spacial score (nSPS) is 14.4. The topological polar surface area (TPSA) is 170 Å². The Morgan fingerprint density at radius 1 is 1.12 bits per heavy atom. The maximum absolute atomic E-state index is 12.6. The second-order valence-corrected chi connectivity index (χ2v) is 8.90. The Morgan fingerprint density at radius 3 is 2.60 bits per heavy atom. The van der Waals surface area contributed by atoms with E-state index in [0.717, 1.165) is 0 Å². The average molecular weight is 600 g/mol. The minimum atomic E-state index is -0.790. The zero-order valence-corrected chi connectivity index (χ0v) is 24.2. The average Bonchev–Trinajstić information content (AvgIpc) is 2.95. The number of nitriles is 1. The van der Waals surface area contributed by atoms with Crippen LogP contribution in [-0.2, 0) is 14.3 Å². The van der Waals surface area contributed by atoms with Crippen molar-refractivity contribution in [2.24, 2.45) is 5.10 Å². The van der Waals surface area contributed by atoms with Gasteiger partial charge in [-0.25, -0.2) is 15.0 Å². The largest absolute Gasteiger partial charge is 0.493 e. The Kier molecular flexibility index (Phi) is 11.4. The van der Waals surface area contributed by atoms with Gasteiger partial charge in [0.15, 0.2) is 36.2 Å². The summed E-state index contributed by atoms with van der Waals surface area (Å²) in [5, 5.41) is 18.2. The summed E-state index contributed by atoms with van der Waals surface area (Å²) in [5.41, 5.74) is 4.04. The first-order chi connectivity index (χ1) is 20.2. The smallest absolute Gasteiger partial charge is 0.338 e. The van der Waals surface area contributed by atoms with Gasteiger partial charge in [0.25, 0.3) is 5.91 Å². The van der Waals surface area contributed by atoms with Crippen molar-refractivity contribution in [3.05, 3.63) is 57.8 Å². The molecule has 1 heterocycles. The number of urea groups is 1. The number of hydrogen-bond donors (Lipinski definition) is 3. The molecule has 14 heteroatoms. The molecule has 3 rings (SSSR count). The number of halogens is 1. The molecule has 0 bridgehead atoms. The Hall–Kier alpha value is -4.96. The molecule has 3 amide bonds. The summed E-state index contributed by atoms with van der Waals surface area (Å²) in [7, 11) is 1.42. The first-order valence-corrected chi connectivity index (χ1v) is 13.1. The number of allylic oxidation sites excluding steroid dienone is 1. The van der Waals surface area contributed by atoms with E-state index in [2.05, 4.69) is 21.2 Å². The van der Waals surface area contributed by atoms with Crippen molar-refractivity contribution in [1.29, 1.82) is 5.26 Å². The van der Waals surface area contributed by atoms with Gasteiger partial charge in [0.1, 0.15) is 6.07 Å². The number of nitrogens with one attached hydrogen (secondary N) is 3. The van der Waals surface area contributed by atoms with Crippen molar-refractivity contribution in [3.63, 3.8) is 0 Å². The third kappa shape index (κ3) is 8.05. The van der Waals surface area contributed by atoms with Crippen LogP contribution in [0.3, 0.4) is 0 Å². The highest BCUT2D eigenvalue weighted by Gasteiger charge is 2.32. The number of amides is 3. The summed E-state index contributed by atoms with van der Waals surface area (Å²) in [6.45, 7) is 5.01. The van der Waals surface area contributed by atoms with Gasteiger partial charge in [-0.1, -0.05) is 17.7 Å². The van der Waals surface area contributed by atoms with Crippen LogP contribution in [0.25, 0.3) is 0 Å². The number of methoxy groups -OCH3 is 1. The molecule has 3 N–H and O–H groups in total. The number of nitrogens with zero attached hydrogens (tertiary/aromatic N) is 2. The van der Waals surface area contributed by atoms with Crippen LogP contribution in [0.1, 0.15) is 37.9 Å². The highest BCUT2D eigenvalue weighted by atomic mass is 35.5. The molecule has 1 aliphatic heterocycles. The summed E-state index contributed by atoms with van der Waals surface area (Å²) in [6, 6.07) is 8.56. The molecule has 1 atom stereocenters. The Morgan fingerprint density at radius 2 is 1.90 bits per heavy atom. The van der Waals surface area contributed by atoms with Crippen LogP contribution in [0.4, 0.5) is 4.79 Å². The summed E-state index contributed by atoms with van der Waals surface area (Å²) in [5.74, 6) is -0.0364. The molecule has 0 saturated carbocycles. The monoisotopic (exact) mass is 599 g/mol. The molecule has 0 aromatic heterocycles. The number of benzene rings is 2. The lowest BCUT2D eigenvalue weighted by molar-refractivity contribution is -0.139. The van der Waals surface area contributed by atoms with Crippen molar-refractivity contribution in [3.8, 4) is 29.1 Å². The zero-order chi connectivity index (χ0) is 30.6. The van der Waals surface area contributed by atoms with Crippen LogP contribution >= 0.6 is 11.6 Å². The SMILES string of the molecule is CCOC(=O)C1=C(C)NC(=O)N[C@@H]1c1ccc(OCC(=O)N/N=C\c2cc(Cl)c(OCC#N)c(OCC)c2)c(OC)c1. The van der Waals surface area contributed by atoms with Gasteiger partial charge in [-0.3, -0.25) is 4.79 Å². The van der Waals surface area contributed by atoms with Crippen LogP contribution in [-0.4, -0.2) is 57.7 Å². The predicted octanol–water partition coefficient (Wildman–Crippen LogP) is 3.37. The van der Waals surface area contributed by atoms with Gasteiger partial charge in [-0.05, 0) is 56.2 Å². The van der Waals surface area contributed by atoms with E-state index in [-0.39, 0.29) is 41.1 Å². The number of carbonyl (C=O) groups excluding carboxylic acids is 3. The fourth-order valence-corrected chi connectivity index (χ4v) is 4.20. The number of hydrogen-bond acceptors (Lipinski definition) is 10. The van der Waals surface area contributed by atoms with E-state index >= 15 is 0 Å². The molecule has 0 spiro atoms.